The summed E-state index contributed by atoms with van der Waals surface area (Å²) in [7, 11) is 0. The van der Waals surface area contributed by atoms with E-state index in [1.807, 2.05) is 24.3 Å². The Morgan fingerprint density at radius 2 is 2.08 bits per heavy atom. The molecule has 0 fully saturated rings. The zero-order chi connectivity index (χ0) is 9.52. The molecule has 0 aliphatic heterocycles. The minimum atomic E-state index is 0.0473. The summed E-state index contributed by atoms with van der Waals surface area (Å²) in [5, 5.41) is 8.99. The molecule has 1 N–H and O–H groups in total. The van der Waals surface area contributed by atoms with Crippen LogP contribution in [0, 0.1) is 11.8 Å². The van der Waals surface area contributed by atoms with E-state index in [0.717, 1.165) is 23.3 Å². The van der Waals surface area contributed by atoms with E-state index in [-0.39, 0.29) is 6.61 Å². The van der Waals surface area contributed by atoms with Crippen molar-refractivity contribution < 1.29 is 5.11 Å². The number of thiol groups is 1. The fourth-order valence-corrected chi connectivity index (χ4v) is 1.11. The first kappa shape index (κ1) is 10.2. The number of aliphatic hydroxyl groups is 1. The molecule has 68 valence electrons. The zero-order valence-corrected chi connectivity index (χ0v) is 8.22. The van der Waals surface area contributed by atoms with Crippen LogP contribution in [-0.4, -0.2) is 10.9 Å². The second-order valence-corrected chi connectivity index (χ2v) is 3.04. The molecule has 0 aromatic heterocycles. The van der Waals surface area contributed by atoms with Gasteiger partial charge in [0.05, 0.1) is 6.61 Å². The predicted octanol–water partition coefficient (Wildman–Crippen LogP) is 1.85. The maximum Gasteiger partial charge on any atom is 0.0694 e. The van der Waals surface area contributed by atoms with Crippen LogP contribution in [0.15, 0.2) is 24.3 Å². The molecule has 0 amide bonds. The molecule has 1 rings (SSSR count). The van der Waals surface area contributed by atoms with Crippen LogP contribution < -0.4 is 0 Å². The summed E-state index contributed by atoms with van der Waals surface area (Å²) >= 11 is 4.06. The quantitative estimate of drug-likeness (QED) is 0.541. The SMILES string of the molecule is OCc1ccccc1C#CCCS. The summed E-state index contributed by atoms with van der Waals surface area (Å²) in [6.45, 7) is 0.0473. The molecular formula is C11H12OS. The molecular weight excluding hydrogens is 180 g/mol. The molecule has 1 aromatic carbocycles. The molecule has 1 aromatic rings. The number of rotatable bonds is 2. The molecule has 2 heteroatoms. The van der Waals surface area contributed by atoms with Crippen LogP contribution in [0.1, 0.15) is 17.5 Å². The second kappa shape index (κ2) is 5.69. The summed E-state index contributed by atoms with van der Waals surface area (Å²) in [4.78, 5) is 0. The molecule has 0 saturated heterocycles. The maximum atomic E-state index is 8.99. The van der Waals surface area contributed by atoms with Crippen LogP contribution in [-0.2, 0) is 6.61 Å². The van der Waals surface area contributed by atoms with Crippen LogP contribution in [0.2, 0.25) is 0 Å². The highest BCUT2D eigenvalue weighted by atomic mass is 32.1. The first-order valence-electron chi connectivity index (χ1n) is 4.17. The van der Waals surface area contributed by atoms with E-state index in [9.17, 15) is 0 Å². The third-order valence-corrected chi connectivity index (χ3v) is 1.87. The summed E-state index contributed by atoms with van der Waals surface area (Å²) in [5.41, 5.74) is 1.79. The van der Waals surface area contributed by atoms with Crippen LogP contribution in [0.25, 0.3) is 0 Å². The van der Waals surface area contributed by atoms with Crippen molar-refractivity contribution in [2.75, 3.05) is 5.75 Å². The first-order chi connectivity index (χ1) is 6.38. The molecule has 0 aliphatic carbocycles. The van der Waals surface area contributed by atoms with Gasteiger partial charge < -0.3 is 5.11 Å². The average molecular weight is 192 g/mol. The number of hydrogen-bond donors (Lipinski definition) is 2. The summed E-state index contributed by atoms with van der Waals surface area (Å²) in [6.07, 6.45) is 0.781. The third kappa shape index (κ3) is 3.14. The van der Waals surface area contributed by atoms with Crippen molar-refractivity contribution in [3.63, 3.8) is 0 Å². The Labute approximate surface area is 84.2 Å². The Balaban J connectivity index is 2.82. The summed E-state index contributed by atoms with van der Waals surface area (Å²) in [6, 6.07) is 7.61. The number of aliphatic hydroxyl groups excluding tert-OH is 1. The van der Waals surface area contributed by atoms with Crippen molar-refractivity contribution in [2.45, 2.75) is 13.0 Å². The normalized spacial score (nSPS) is 9.08. The van der Waals surface area contributed by atoms with Crippen LogP contribution in [0.5, 0.6) is 0 Å². The van der Waals surface area contributed by atoms with E-state index in [1.54, 1.807) is 0 Å². The molecule has 1 nitrogen and oxygen atoms in total. The van der Waals surface area contributed by atoms with E-state index in [1.165, 1.54) is 0 Å². The standard InChI is InChI=1S/C11H12OS/c12-9-11-7-2-1-5-10(11)6-3-4-8-13/h1-2,5,7,12-13H,4,8-9H2. The number of benzene rings is 1. The van der Waals surface area contributed by atoms with Crippen molar-refractivity contribution in [1.29, 1.82) is 0 Å². The topological polar surface area (TPSA) is 20.2 Å². The molecule has 0 aliphatic rings. The van der Waals surface area contributed by atoms with Gasteiger partial charge >= 0.3 is 0 Å². The molecule has 0 saturated carbocycles. The first-order valence-corrected chi connectivity index (χ1v) is 4.80. The summed E-state index contributed by atoms with van der Waals surface area (Å²) in [5.74, 6) is 6.77. The van der Waals surface area contributed by atoms with E-state index in [2.05, 4.69) is 24.5 Å². The molecule has 13 heavy (non-hydrogen) atoms. The van der Waals surface area contributed by atoms with Gasteiger partial charge in [-0.3, -0.25) is 0 Å². The van der Waals surface area contributed by atoms with Crippen molar-refractivity contribution >= 4 is 12.6 Å². The van der Waals surface area contributed by atoms with Crippen LogP contribution in [0.4, 0.5) is 0 Å². The van der Waals surface area contributed by atoms with Gasteiger partial charge in [0.2, 0.25) is 0 Å². The Hall–Kier alpha value is -0.910. The molecule has 0 radical (unpaired) electrons. The Morgan fingerprint density at radius 1 is 1.31 bits per heavy atom. The molecule has 0 spiro atoms. The Bertz CT molecular complexity index is 322. The van der Waals surface area contributed by atoms with E-state index >= 15 is 0 Å². The lowest BCUT2D eigenvalue weighted by atomic mass is 10.1. The van der Waals surface area contributed by atoms with E-state index in [0.29, 0.717) is 0 Å². The highest BCUT2D eigenvalue weighted by Gasteiger charge is 1.94. The van der Waals surface area contributed by atoms with Gasteiger partial charge in [-0.2, -0.15) is 12.6 Å². The van der Waals surface area contributed by atoms with Gasteiger partial charge in [0.25, 0.3) is 0 Å². The van der Waals surface area contributed by atoms with Crippen LogP contribution in [0.3, 0.4) is 0 Å². The minimum Gasteiger partial charge on any atom is -0.392 e. The Kier molecular flexibility index (Phi) is 4.45. The predicted molar refractivity (Wildman–Crippen MR) is 57.7 cm³/mol. The van der Waals surface area contributed by atoms with Crippen LogP contribution >= 0.6 is 12.6 Å². The van der Waals surface area contributed by atoms with Gasteiger partial charge in [-0.05, 0) is 11.6 Å². The lowest BCUT2D eigenvalue weighted by molar-refractivity contribution is 0.281. The van der Waals surface area contributed by atoms with Gasteiger partial charge in [0, 0.05) is 17.7 Å². The fraction of sp³-hybridized carbons (Fsp3) is 0.273. The zero-order valence-electron chi connectivity index (χ0n) is 7.33. The molecule has 0 heterocycles. The van der Waals surface area contributed by atoms with Gasteiger partial charge in [-0.15, -0.1) is 0 Å². The van der Waals surface area contributed by atoms with E-state index in [4.69, 9.17) is 5.11 Å². The number of hydrogen-bond acceptors (Lipinski definition) is 2. The van der Waals surface area contributed by atoms with Crippen molar-refractivity contribution in [2.24, 2.45) is 0 Å². The van der Waals surface area contributed by atoms with Crippen molar-refractivity contribution in [1.82, 2.24) is 0 Å². The second-order valence-electron chi connectivity index (χ2n) is 2.59. The van der Waals surface area contributed by atoms with Crippen molar-refractivity contribution in [3.05, 3.63) is 35.4 Å². The highest BCUT2D eigenvalue weighted by molar-refractivity contribution is 7.80. The van der Waals surface area contributed by atoms with Crippen molar-refractivity contribution in [3.8, 4) is 11.8 Å². The van der Waals surface area contributed by atoms with Gasteiger partial charge in [0.1, 0.15) is 0 Å². The maximum absolute atomic E-state index is 8.99. The third-order valence-electron chi connectivity index (χ3n) is 1.65. The Morgan fingerprint density at radius 3 is 2.77 bits per heavy atom. The van der Waals surface area contributed by atoms with Gasteiger partial charge in [-0.25, -0.2) is 0 Å². The lowest BCUT2D eigenvalue weighted by Crippen LogP contribution is -1.87. The molecule has 0 bridgehead atoms. The smallest absolute Gasteiger partial charge is 0.0694 e. The fourth-order valence-electron chi connectivity index (χ4n) is 0.994. The average Bonchev–Trinajstić information content (AvgIpc) is 2.19. The molecule has 0 atom stereocenters. The minimum absolute atomic E-state index is 0.0473. The van der Waals surface area contributed by atoms with E-state index < -0.39 is 0 Å². The van der Waals surface area contributed by atoms with Gasteiger partial charge in [-0.1, -0.05) is 30.0 Å². The molecule has 0 unspecified atom stereocenters. The highest BCUT2D eigenvalue weighted by Crippen LogP contribution is 2.06. The summed E-state index contributed by atoms with van der Waals surface area (Å²) < 4.78 is 0. The van der Waals surface area contributed by atoms with Gasteiger partial charge in [0.15, 0.2) is 0 Å². The largest absolute Gasteiger partial charge is 0.392 e. The monoisotopic (exact) mass is 192 g/mol. The lowest BCUT2D eigenvalue weighted by Gasteiger charge is -1.98.